The minimum absolute atomic E-state index is 0.435. The molecule has 6 heteroatoms. The number of guanidine groups is 1. The van der Waals surface area contributed by atoms with Gasteiger partial charge in [-0.3, -0.25) is 15.2 Å². The van der Waals surface area contributed by atoms with Gasteiger partial charge in [-0.15, -0.1) is 0 Å². The van der Waals surface area contributed by atoms with Crippen LogP contribution in [0.2, 0.25) is 0 Å². The number of nitrogens with one attached hydrogen (secondary N) is 2. The van der Waals surface area contributed by atoms with Gasteiger partial charge in [0.1, 0.15) is 0 Å². The first-order chi connectivity index (χ1) is 8.67. The van der Waals surface area contributed by atoms with E-state index < -0.39 is 5.91 Å². The highest BCUT2D eigenvalue weighted by molar-refractivity contribution is 5.97. The van der Waals surface area contributed by atoms with Crippen LogP contribution in [-0.2, 0) is 0 Å². The third kappa shape index (κ3) is 4.42. The Hall–Kier alpha value is -2.08. The largest absolute Gasteiger partial charge is 0.366 e. The first kappa shape index (κ1) is 14.0. The Morgan fingerprint density at radius 1 is 1.44 bits per heavy atom. The molecule has 0 unspecified atom stereocenters. The molecule has 0 aliphatic rings. The van der Waals surface area contributed by atoms with Gasteiger partial charge in [-0.25, -0.2) is 5.84 Å². The van der Waals surface area contributed by atoms with Crippen molar-refractivity contribution in [1.82, 2.24) is 5.43 Å². The second kappa shape index (κ2) is 7.29. The van der Waals surface area contributed by atoms with Crippen LogP contribution < -0.4 is 22.3 Å². The molecule has 0 radical (unpaired) electrons. The molecule has 0 spiro atoms. The number of aliphatic imine (C=N–C) groups is 1. The molecule has 1 amide bonds. The fourth-order valence-electron chi connectivity index (χ4n) is 1.36. The number of nitrogens with two attached hydrogens (primary N) is 2. The maximum Gasteiger partial charge on any atom is 0.248 e. The van der Waals surface area contributed by atoms with Crippen LogP contribution in [0.4, 0.5) is 5.69 Å². The number of hydrogen-bond acceptors (Lipinski definition) is 3. The van der Waals surface area contributed by atoms with Crippen molar-refractivity contribution in [3.05, 3.63) is 29.8 Å². The maximum absolute atomic E-state index is 11.0. The average molecular weight is 249 g/mol. The minimum Gasteiger partial charge on any atom is -0.366 e. The Labute approximate surface area is 106 Å². The van der Waals surface area contributed by atoms with Crippen molar-refractivity contribution in [3.8, 4) is 0 Å². The van der Waals surface area contributed by atoms with Gasteiger partial charge in [-0.05, 0) is 24.6 Å². The molecule has 0 bridgehead atoms. The lowest BCUT2D eigenvalue weighted by atomic mass is 10.2. The van der Waals surface area contributed by atoms with E-state index >= 15 is 0 Å². The SMILES string of the molecule is CCCCN=C(NN)Nc1cccc(C(N)=O)c1. The minimum atomic E-state index is -0.469. The number of benzene rings is 1. The van der Waals surface area contributed by atoms with Crippen molar-refractivity contribution in [3.63, 3.8) is 0 Å². The van der Waals surface area contributed by atoms with Gasteiger partial charge in [-0.1, -0.05) is 19.4 Å². The van der Waals surface area contributed by atoms with Crippen LogP contribution in [0.5, 0.6) is 0 Å². The molecular weight excluding hydrogens is 230 g/mol. The molecule has 0 atom stereocenters. The normalized spacial score (nSPS) is 11.1. The summed E-state index contributed by atoms with van der Waals surface area (Å²) in [4.78, 5) is 15.3. The number of amides is 1. The second-order valence-electron chi connectivity index (χ2n) is 3.80. The second-order valence-corrected chi connectivity index (χ2v) is 3.80. The Morgan fingerprint density at radius 3 is 2.83 bits per heavy atom. The maximum atomic E-state index is 11.0. The van der Waals surface area contributed by atoms with Crippen LogP contribution in [0, 0.1) is 0 Å². The highest BCUT2D eigenvalue weighted by atomic mass is 16.1. The topological polar surface area (TPSA) is 106 Å². The van der Waals surface area contributed by atoms with E-state index in [1.54, 1.807) is 24.3 Å². The highest BCUT2D eigenvalue weighted by Crippen LogP contribution is 2.09. The first-order valence-corrected chi connectivity index (χ1v) is 5.85. The summed E-state index contributed by atoms with van der Waals surface area (Å²) < 4.78 is 0. The van der Waals surface area contributed by atoms with Crippen LogP contribution in [0.3, 0.4) is 0 Å². The van der Waals surface area contributed by atoms with Crippen LogP contribution in [-0.4, -0.2) is 18.4 Å². The van der Waals surface area contributed by atoms with Gasteiger partial charge in [0.05, 0.1) is 0 Å². The van der Waals surface area contributed by atoms with Crippen LogP contribution in [0.25, 0.3) is 0 Å². The molecular formula is C12H19N5O. The number of hydrogen-bond donors (Lipinski definition) is 4. The lowest BCUT2D eigenvalue weighted by Crippen LogP contribution is -2.36. The fraction of sp³-hybridized carbons (Fsp3) is 0.333. The van der Waals surface area contributed by atoms with Crippen molar-refractivity contribution in [1.29, 1.82) is 0 Å². The summed E-state index contributed by atoms with van der Waals surface area (Å²) in [5.41, 5.74) is 8.83. The van der Waals surface area contributed by atoms with Gasteiger partial charge >= 0.3 is 0 Å². The molecule has 0 fully saturated rings. The van der Waals surface area contributed by atoms with E-state index in [0.717, 1.165) is 12.8 Å². The van der Waals surface area contributed by atoms with E-state index in [1.165, 1.54) is 0 Å². The number of anilines is 1. The van der Waals surface area contributed by atoms with Gasteiger partial charge < -0.3 is 11.1 Å². The van der Waals surface area contributed by atoms with Crippen LogP contribution in [0.1, 0.15) is 30.1 Å². The molecule has 0 aliphatic heterocycles. The number of carbonyl (C=O) groups is 1. The molecule has 18 heavy (non-hydrogen) atoms. The van der Waals surface area contributed by atoms with Crippen molar-refractivity contribution in [2.24, 2.45) is 16.6 Å². The standard InChI is InChI=1S/C12H19N5O/c1-2-3-7-15-12(17-14)16-10-6-4-5-9(8-10)11(13)18/h4-6,8H,2-3,7,14H2,1H3,(H2,13,18)(H2,15,16,17). The highest BCUT2D eigenvalue weighted by Gasteiger charge is 2.02. The third-order valence-corrected chi connectivity index (χ3v) is 2.33. The Balaban J connectivity index is 2.72. The Kier molecular flexibility index (Phi) is 5.66. The molecule has 6 nitrogen and oxygen atoms in total. The summed E-state index contributed by atoms with van der Waals surface area (Å²) in [6.45, 7) is 2.79. The van der Waals surface area contributed by atoms with E-state index in [9.17, 15) is 4.79 Å². The molecule has 6 N–H and O–H groups in total. The monoisotopic (exact) mass is 249 g/mol. The smallest absolute Gasteiger partial charge is 0.248 e. The molecule has 1 rings (SSSR count). The number of carbonyl (C=O) groups excluding carboxylic acids is 1. The number of unbranched alkanes of at least 4 members (excludes halogenated alkanes) is 1. The quantitative estimate of drug-likeness (QED) is 0.204. The van der Waals surface area contributed by atoms with Gasteiger partial charge in [0.15, 0.2) is 0 Å². The van der Waals surface area contributed by atoms with Crippen molar-refractivity contribution < 1.29 is 4.79 Å². The molecule has 0 aromatic heterocycles. The summed E-state index contributed by atoms with van der Waals surface area (Å²) >= 11 is 0. The van der Waals surface area contributed by atoms with Crippen LogP contribution >= 0.6 is 0 Å². The van der Waals surface area contributed by atoms with E-state index in [4.69, 9.17) is 11.6 Å². The van der Waals surface area contributed by atoms with Gasteiger partial charge in [-0.2, -0.15) is 0 Å². The number of rotatable bonds is 5. The van der Waals surface area contributed by atoms with E-state index in [-0.39, 0.29) is 0 Å². The van der Waals surface area contributed by atoms with Crippen molar-refractivity contribution in [2.75, 3.05) is 11.9 Å². The predicted molar refractivity (Wildman–Crippen MR) is 73.1 cm³/mol. The zero-order chi connectivity index (χ0) is 13.4. The summed E-state index contributed by atoms with van der Waals surface area (Å²) in [6, 6.07) is 6.84. The number of hydrazine groups is 1. The predicted octanol–water partition coefficient (Wildman–Crippen LogP) is 0.817. The zero-order valence-electron chi connectivity index (χ0n) is 10.4. The molecule has 0 saturated heterocycles. The average Bonchev–Trinajstić information content (AvgIpc) is 2.38. The van der Waals surface area contributed by atoms with Crippen molar-refractivity contribution >= 4 is 17.6 Å². The third-order valence-electron chi connectivity index (χ3n) is 2.33. The van der Waals surface area contributed by atoms with Crippen molar-refractivity contribution in [2.45, 2.75) is 19.8 Å². The van der Waals surface area contributed by atoms with Gasteiger partial charge in [0, 0.05) is 17.8 Å². The zero-order valence-corrected chi connectivity index (χ0v) is 10.4. The Morgan fingerprint density at radius 2 is 2.22 bits per heavy atom. The van der Waals surface area contributed by atoms with E-state index in [1.807, 2.05) is 0 Å². The molecule has 0 aliphatic carbocycles. The molecule has 98 valence electrons. The number of nitrogens with zero attached hydrogens (tertiary/aromatic N) is 1. The lowest BCUT2D eigenvalue weighted by Gasteiger charge is -2.09. The summed E-state index contributed by atoms with van der Waals surface area (Å²) in [6.07, 6.45) is 2.06. The molecule has 1 aromatic rings. The Bertz CT molecular complexity index is 430. The fourth-order valence-corrected chi connectivity index (χ4v) is 1.36. The lowest BCUT2D eigenvalue weighted by molar-refractivity contribution is 0.100. The van der Waals surface area contributed by atoms with E-state index in [2.05, 4.69) is 22.7 Å². The van der Waals surface area contributed by atoms with Gasteiger partial charge in [0.2, 0.25) is 11.9 Å². The molecule has 0 heterocycles. The molecule has 0 saturated carbocycles. The summed E-state index contributed by atoms with van der Waals surface area (Å²) in [5, 5.41) is 2.99. The number of primary amides is 1. The summed E-state index contributed by atoms with van der Waals surface area (Å²) in [7, 11) is 0. The van der Waals surface area contributed by atoms with E-state index in [0.29, 0.717) is 23.8 Å². The summed E-state index contributed by atoms with van der Waals surface area (Å²) in [5.74, 6) is 5.36. The van der Waals surface area contributed by atoms with Crippen LogP contribution in [0.15, 0.2) is 29.3 Å². The molecule has 1 aromatic carbocycles. The van der Waals surface area contributed by atoms with Gasteiger partial charge in [0.25, 0.3) is 0 Å². The first-order valence-electron chi connectivity index (χ1n) is 5.85.